The van der Waals surface area contributed by atoms with Gasteiger partial charge in [-0.15, -0.1) is 0 Å². The van der Waals surface area contributed by atoms with Crippen LogP contribution in [0.25, 0.3) is 0 Å². The van der Waals surface area contributed by atoms with Gasteiger partial charge >= 0.3 is 5.97 Å². The van der Waals surface area contributed by atoms with Crippen molar-refractivity contribution in [2.24, 2.45) is 0 Å². The standard InChI is InChI=1S/C20H23NO3/c1-4-16(21-19(22)17-11-7-5-9-14(17)2)13-24-20(23)18-12-8-6-10-15(18)3/h5-12,16H,4,13H2,1-3H3,(H,21,22). The Morgan fingerprint density at radius 1 is 0.958 bits per heavy atom. The average molecular weight is 325 g/mol. The third-order valence-electron chi connectivity index (χ3n) is 4.00. The number of hydrogen-bond acceptors (Lipinski definition) is 3. The van der Waals surface area contributed by atoms with Crippen LogP contribution in [0, 0.1) is 13.8 Å². The molecule has 0 saturated heterocycles. The molecule has 4 nitrogen and oxygen atoms in total. The van der Waals surface area contributed by atoms with E-state index in [1.807, 2.05) is 51.1 Å². The highest BCUT2D eigenvalue weighted by Gasteiger charge is 2.17. The van der Waals surface area contributed by atoms with Crippen molar-refractivity contribution in [3.8, 4) is 0 Å². The van der Waals surface area contributed by atoms with E-state index >= 15 is 0 Å². The minimum atomic E-state index is -0.364. The van der Waals surface area contributed by atoms with Crippen LogP contribution >= 0.6 is 0 Å². The normalized spacial score (nSPS) is 11.6. The molecule has 4 heteroatoms. The molecule has 0 fully saturated rings. The molecule has 0 heterocycles. The van der Waals surface area contributed by atoms with Gasteiger partial charge in [0.2, 0.25) is 0 Å². The molecule has 1 unspecified atom stereocenters. The van der Waals surface area contributed by atoms with Crippen molar-refractivity contribution in [2.75, 3.05) is 6.61 Å². The van der Waals surface area contributed by atoms with Crippen molar-refractivity contribution in [3.63, 3.8) is 0 Å². The molecule has 0 bridgehead atoms. The largest absolute Gasteiger partial charge is 0.460 e. The average Bonchev–Trinajstić information content (AvgIpc) is 2.58. The van der Waals surface area contributed by atoms with Gasteiger partial charge in [-0.3, -0.25) is 4.79 Å². The number of nitrogens with one attached hydrogen (secondary N) is 1. The van der Waals surface area contributed by atoms with Gasteiger partial charge in [0.25, 0.3) is 5.91 Å². The van der Waals surface area contributed by atoms with Gasteiger partial charge < -0.3 is 10.1 Å². The van der Waals surface area contributed by atoms with Gasteiger partial charge in [-0.1, -0.05) is 43.3 Å². The maximum atomic E-state index is 12.4. The fourth-order valence-corrected chi connectivity index (χ4v) is 2.41. The van der Waals surface area contributed by atoms with Crippen molar-refractivity contribution < 1.29 is 14.3 Å². The lowest BCUT2D eigenvalue weighted by atomic mass is 10.1. The van der Waals surface area contributed by atoms with Crippen LogP contribution in [-0.4, -0.2) is 24.5 Å². The molecule has 2 aromatic carbocycles. The van der Waals surface area contributed by atoms with Crippen molar-refractivity contribution in [2.45, 2.75) is 33.2 Å². The van der Waals surface area contributed by atoms with Gasteiger partial charge in [-0.05, 0) is 43.5 Å². The van der Waals surface area contributed by atoms with Crippen LogP contribution in [0.4, 0.5) is 0 Å². The zero-order chi connectivity index (χ0) is 17.5. The molecule has 0 radical (unpaired) electrons. The van der Waals surface area contributed by atoms with Crippen LogP contribution < -0.4 is 5.32 Å². The molecule has 2 rings (SSSR count). The van der Waals surface area contributed by atoms with E-state index in [2.05, 4.69) is 5.32 Å². The van der Waals surface area contributed by atoms with Crippen molar-refractivity contribution in [1.82, 2.24) is 5.32 Å². The fraction of sp³-hybridized carbons (Fsp3) is 0.300. The summed E-state index contributed by atoms with van der Waals surface area (Å²) in [7, 11) is 0. The summed E-state index contributed by atoms with van der Waals surface area (Å²) in [6, 6.07) is 14.5. The number of amides is 1. The molecule has 1 atom stereocenters. The quantitative estimate of drug-likeness (QED) is 0.825. The van der Waals surface area contributed by atoms with Crippen molar-refractivity contribution >= 4 is 11.9 Å². The van der Waals surface area contributed by atoms with E-state index in [0.717, 1.165) is 11.1 Å². The third-order valence-corrected chi connectivity index (χ3v) is 4.00. The lowest BCUT2D eigenvalue weighted by Gasteiger charge is -2.18. The summed E-state index contributed by atoms with van der Waals surface area (Å²) >= 11 is 0. The molecule has 126 valence electrons. The van der Waals surface area contributed by atoms with E-state index in [4.69, 9.17) is 4.74 Å². The number of hydrogen-bond donors (Lipinski definition) is 1. The van der Waals surface area contributed by atoms with E-state index in [-0.39, 0.29) is 24.5 Å². The maximum Gasteiger partial charge on any atom is 0.338 e. The Kier molecular flexibility index (Phi) is 6.13. The van der Waals surface area contributed by atoms with E-state index < -0.39 is 0 Å². The van der Waals surface area contributed by atoms with Gasteiger partial charge in [0.15, 0.2) is 0 Å². The zero-order valence-electron chi connectivity index (χ0n) is 14.3. The van der Waals surface area contributed by atoms with Crippen molar-refractivity contribution in [1.29, 1.82) is 0 Å². The molecule has 1 N–H and O–H groups in total. The highest BCUT2D eigenvalue weighted by molar-refractivity contribution is 5.95. The molecule has 2 aromatic rings. The fourth-order valence-electron chi connectivity index (χ4n) is 2.41. The molecule has 0 aliphatic rings. The summed E-state index contributed by atoms with van der Waals surface area (Å²) in [6.07, 6.45) is 0.679. The first kappa shape index (κ1) is 17.7. The Labute approximate surface area is 142 Å². The van der Waals surface area contributed by atoms with E-state index in [0.29, 0.717) is 17.5 Å². The van der Waals surface area contributed by atoms with Gasteiger partial charge in [-0.2, -0.15) is 0 Å². The summed E-state index contributed by atoms with van der Waals surface area (Å²) in [6.45, 7) is 5.87. The van der Waals surface area contributed by atoms with E-state index in [9.17, 15) is 9.59 Å². The Hall–Kier alpha value is -2.62. The maximum absolute atomic E-state index is 12.4. The number of esters is 1. The van der Waals surface area contributed by atoms with Crippen LogP contribution in [-0.2, 0) is 4.74 Å². The first-order valence-corrected chi connectivity index (χ1v) is 8.12. The highest BCUT2D eigenvalue weighted by atomic mass is 16.5. The van der Waals surface area contributed by atoms with Gasteiger partial charge in [0.1, 0.15) is 6.61 Å². The summed E-state index contributed by atoms with van der Waals surface area (Å²) < 4.78 is 5.38. The molecular formula is C20H23NO3. The lowest BCUT2D eigenvalue weighted by Crippen LogP contribution is -2.38. The smallest absolute Gasteiger partial charge is 0.338 e. The SMILES string of the molecule is CCC(COC(=O)c1ccccc1C)NC(=O)c1ccccc1C. The van der Waals surface area contributed by atoms with Gasteiger partial charge in [0, 0.05) is 5.56 Å². The third kappa shape index (κ3) is 4.44. The molecule has 0 aliphatic heterocycles. The van der Waals surface area contributed by atoms with E-state index in [1.54, 1.807) is 18.2 Å². The molecule has 0 aromatic heterocycles. The van der Waals surface area contributed by atoms with Crippen LogP contribution in [0.3, 0.4) is 0 Å². The number of aryl methyl sites for hydroxylation is 2. The lowest BCUT2D eigenvalue weighted by molar-refractivity contribution is 0.0453. The van der Waals surface area contributed by atoms with Gasteiger partial charge in [-0.25, -0.2) is 4.79 Å². The Morgan fingerprint density at radius 3 is 2.04 bits per heavy atom. The Bertz CT molecular complexity index is 724. The molecule has 24 heavy (non-hydrogen) atoms. The van der Waals surface area contributed by atoms with Gasteiger partial charge in [0.05, 0.1) is 11.6 Å². The minimum Gasteiger partial charge on any atom is -0.460 e. The monoisotopic (exact) mass is 325 g/mol. The van der Waals surface area contributed by atoms with Crippen LogP contribution in [0.2, 0.25) is 0 Å². The highest BCUT2D eigenvalue weighted by Crippen LogP contribution is 2.10. The summed E-state index contributed by atoms with van der Waals surface area (Å²) in [5.74, 6) is -0.511. The molecule has 0 aliphatic carbocycles. The number of benzene rings is 2. The second-order valence-corrected chi connectivity index (χ2v) is 5.81. The molecule has 1 amide bonds. The summed E-state index contributed by atoms with van der Waals surface area (Å²) in [5.41, 5.74) is 2.99. The topological polar surface area (TPSA) is 55.4 Å². The zero-order valence-corrected chi connectivity index (χ0v) is 14.3. The first-order chi connectivity index (χ1) is 11.5. The Morgan fingerprint density at radius 2 is 1.50 bits per heavy atom. The summed E-state index contributed by atoms with van der Waals surface area (Å²) in [5, 5.41) is 2.93. The number of ether oxygens (including phenoxy) is 1. The number of carbonyl (C=O) groups is 2. The van der Waals surface area contributed by atoms with E-state index in [1.165, 1.54) is 0 Å². The first-order valence-electron chi connectivity index (χ1n) is 8.12. The predicted molar refractivity (Wildman–Crippen MR) is 94.2 cm³/mol. The number of rotatable bonds is 6. The van der Waals surface area contributed by atoms with Crippen LogP contribution in [0.15, 0.2) is 48.5 Å². The summed E-state index contributed by atoms with van der Waals surface area (Å²) in [4.78, 5) is 24.5. The molecular weight excluding hydrogens is 302 g/mol. The van der Waals surface area contributed by atoms with Crippen LogP contribution in [0.1, 0.15) is 45.2 Å². The molecule has 0 saturated carbocycles. The second-order valence-electron chi connectivity index (χ2n) is 5.81. The number of carbonyl (C=O) groups excluding carboxylic acids is 2. The van der Waals surface area contributed by atoms with Crippen molar-refractivity contribution in [3.05, 3.63) is 70.8 Å². The Balaban J connectivity index is 1.95. The molecule has 0 spiro atoms. The second kappa shape index (κ2) is 8.29. The van der Waals surface area contributed by atoms with Crippen LogP contribution in [0.5, 0.6) is 0 Å². The minimum absolute atomic E-state index is 0.146. The predicted octanol–water partition coefficient (Wildman–Crippen LogP) is 3.67.